The largest absolute Gasteiger partial charge is 0.497 e. The minimum atomic E-state index is -1.57. The molecule has 1 unspecified atom stereocenters. The van der Waals surface area contributed by atoms with E-state index in [0.29, 0.717) is 17.1 Å². The zero-order valence-corrected chi connectivity index (χ0v) is 11.4. The molecule has 0 radical (unpaired) electrons. The van der Waals surface area contributed by atoms with Gasteiger partial charge in [-0.05, 0) is 35.4 Å². The van der Waals surface area contributed by atoms with E-state index < -0.39 is 23.6 Å². The highest BCUT2D eigenvalue weighted by molar-refractivity contribution is 5.42. The van der Waals surface area contributed by atoms with Gasteiger partial charge in [0.05, 0.1) is 14.2 Å². The lowest BCUT2D eigenvalue weighted by molar-refractivity contribution is 0.217. The fourth-order valence-electron chi connectivity index (χ4n) is 1.91. The standard InChI is InChI=1S/C15H13F3O3/c1-20-10-3-8(4-11(7-10)21-2)15(19)9-5-12(16)14(18)13(17)6-9/h3-7,15,19H,1-2H3. The maximum absolute atomic E-state index is 13.2. The van der Waals surface area contributed by atoms with Gasteiger partial charge in [-0.1, -0.05) is 0 Å². The van der Waals surface area contributed by atoms with Crippen LogP contribution < -0.4 is 9.47 Å². The zero-order valence-electron chi connectivity index (χ0n) is 11.4. The number of hydrogen-bond donors (Lipinski definition) is 1. The van der Waals surface area contributed by atoms with E-state index >= 15 is 0 Å². The fraction of sp³-hybridized carbons (Fsp3) is 0.200. The van der Waals surface area contributed by atoms with E-state index in [9.17, 15) is 18.3 Å². The predicted molar refractivity (Wildman–Crippen MR) is 69.9 cm³/mol. The van der Waals surface area contributed by atoms with Crippen LogP contribution in [0.3, 0.4) is 0 Å². The maximum Gasteiger partial charge on any atom is 0.194 e. The number of aliphatic hydroxyl groups excluding tert-OH is 1. The van der Waals surface area contributed by atoms with Crippen molar-refractivity contribution in [3.05, 3.63) is 58.9 Å². The smallest absolute Gasteiger partial charge is 0.194 e. The Morgan fingerprint density at radius 1 is 0.810 bits per heavy atom. The molecule has 0 saturated heterocycles. The number of halogens is 3. The summed E-state index contributed by atoms with van der Waals surface area (Å²) in [7, 11) is 2.87. The highest BCUT2D eigenvalue weighted by Gasteiger charge is 2.18. The monoisotopic (exact) mass is 298 g/mol. The van der Waals surface area contributed by atoms with E-state index in [1.54, 1.807) is 6.07 Å². The van der Waals surface area contributed by atoms with Gasteiger partial charge in [-0.25, -0.2) is 13.2 Å². The number of rotatable bonds is 4. The number of methoxy groups -OCH3 is 2. The average Bonchev–Trinajstić information content (AvgIpc) is 2.50. The van der Waals surface area contributed by atoms with Crippen LogP contribution in [-0.2, 0) is 0 Å². The summed E-state index contributed by atoms with van der Waals surface area (Å²) in [6.07, 6.45) is -1.35. The van der Waals surface area contributed by atoms with E-state index in [-0.39, 0.29) is 5.56 Å². The molecule has 0 aromatic heterocycles. The van der Waals surface area contributed by atoms with Crippen LogP contribution in [-0.4, -0.2) is 19.3 Å². The first kappa shape index (κ1) is 15.2. The van der Waals surface area contributed by atoms with Crippen LogP contribution in [0.25, 0.3) is 0 Å². The Bertz CT molecular complexity index is 613. The molecule has 21 heavy (non-hydrogen) atoms. The molecule has 0 saturated carbocycles. The van der Waals surface area contributed by atoms with E-state index in [1.165, 1.54) is 26.4 Å². The highest BCUT2D eigenvalue weighted by atomic mass is 19.2. The zero-order chi connectivity index (χ0) is 15.6. The molecule has 0 amide bonds. The van der Waals surface area contributed by atoms with E-state index in [0.717, 1.165) is 12.1 Å². The summed E-state index contributed by atoms with van der Waals surface area (Å²) >= 11 is 0. The van der Waals surface area contributed by atoms with Gasteiger partial charge in [-0.2, -0.15) is 0 Å². The van der Waals surface area contributed by atoms with Crippen molar-refractivity contribution in [2.75, 3.05) is 14.2 Å². The molecule has 1 atom stereocenters. The second-order valence-electron chi connectivity index (χ2n) is 4.35. The van der Waals surface area contributed by atoms with E-state index in [2.05, 4.69) is 0 Å². The van der Waals surface area contributed by atoms with E-state index in [4.69, 9.17) is 9.47 Å². The fourth-order valence-corrected chi connectivity index (χ4v) is 1.91. The van der Waals surface area contributed by atoms with Crippen molar-refractivity contribution < 1.29 is 27.8 Å². The van der Waals surface area contributed by atoms with Crippen molar-refractivity contribution in [2.24, 2.45) is 0 Å². The van der Waals surface area contributed by atoms with Crippen molar-refractivity contribution in [2.45, 2.75) is 6.10 Å². The summed E-state index contributed by atoms with van der Waals surface area (Å²) in [5.41, 5.74) is 0.193. The average molecular weight is 298 g/mol. The maximum atomic E-state index is 13.2. The van der Waals surface area contributed by atoms with Crippen molar-refractivity contribution in [1.82, 2.24) is 0 Å². The van der Waals surface area contributed by atoms with Crippen LogP contribution in [0.2, 0.25) is 0 Å². The van der Waals surface area contributed by atoms with Gasteiger partial charge in [-0.15, -0.1) is 0 Å². The van der Waals surface area contributed by atoms with Crippen LogP contribution in [0.5, 0.6) is 11.5 Å². The third kappa shape index (κ3) is 3.11. The molecule has 1 N–H and O–H groups in total. The van der Waals surface area contributed by atoms with Gasteiger partial charge in [-0.3, -0.25) is 0 Å². The molecule has 0 spiro atoms. The molecule has 6 heteroatoms. The van der Waals surface area contributed by atoms with Gasteiger partial charge in [0.1, 0.15) is 17.6 Å². The molecule has 0 bridgehead atoms. The molecule has 2 aromatic carbocycles. The SMILES string of the molecule is COc1cc(OC)cc(C(O)c2cc(F)c(F)c(F)c2)c1. The topological polar surface area (TPSA) is 38.7 Å². The normalized spacial score (nSPS) is 12.1. The van der Waals surface area contributed by atoms with Gasteiger partial charge in [0.2, 0.25) is 0 Å². The Labute approximate surface area is 119 Å². The van der Waals surface area contributed by atoms with Gasteiger partial charge in [0, 0.05) is 6.07 Å². The quantitative estimate of drug-likeness (QED) is 0.881. The first-order chi connectivity index (χ1) is 9.96. The summed E-state index contributed by atoms with van der Waals surface area (Å²) in [5.74, 6) is -3.48. The van der Waals surface area contributed by atoms with Crippen molar-refractivity contribution >= 4 is 0 Å². The summed E-state index contributed by atoms with van der Waals surface area (Å²) in [5, 5.41) is 10.2. The molecular weight excluding hydrogens is 285 g/mol. The Morgan fingerprint density at radius 3 is 1.67 bits per heavy atom. The second-order valence-corrected chi connectivity index (χ2v) is 4.35. The van der Waals surface area contributed by atoms with Crippen LogP contribution in [0.4, 0.5) is 13.2 Å². The third-order valence-electron chi connectivity index (χ3n) is 3.01. The third-order valence-corrected chi connectivity index (χ3v) is 3.01. The number of hydrogen-bond acceptors (Lipinski definition) is 3. The Kier molecular flexibility index (Phi) is 4.37. The molecule has 0 heterocycles. The van der Waals surface area contributed by atoms with Crippen molar-refractivity contribution in [1.29, 1.82) is 0 Å². The summed E-state index contributed by atoms with van der Waals surface area (Å²) < 4.78 is 49.5. The second kappa shape index (κ2) is 6.05. The number of benzene rings is 2. The lowest BCUT2D eigenvalue weighted by Gasteiger charge is -2.15. The van der Waals surface area contributed by atoms with E-state index in [1.807, 2.05) is 0 Å². The molecule has 0 aliphatic heterocycles. The lowest BCUT2D eigenvalue weighted by Crippen LogP contribution is -2.04. The van der Waals surface area contributed by atoms with Crippen LogP contribution >= 0.6 is 0 Å². The minimum absolute atomic E-state index is 0.110. The summed E-state index contributed by atoms with van der Waals surface area (Å²) in [6, 6.07) is 6.06. The highest BCUT2D eigenvalue weighted by Crippen LogP contribution is 2.31. The lowest BCUT2D eigenvalue weighted by atomic mass is 10.0. The summed E-state index contributed by atoms with van der Waals surface area (Å²) in [6.45, 7) is 0. The first-order valence-electron chi connectivity index (χ1n) is 6.01. The minimum Gasteiger partial charge on any atom is -0.497 e. The van der Waals surface area contributed by atoms with Crippen LogP contribution in [0.15, 0.2) is 30.3 Å². The number of aliphatic hydroxyl groups is 1. The molecular formula is C15H13F3O3. The molecule has 2 aromatic rings. The molecule has 0 aliphatic carbocycles. The first-order valence-corrected chi connectivity index (χ1v) is 6.01. The van der Waals surface area contributed by atoms with Crippen LogP contribution in [0, 0.1) is 17.5 Å². The van der Waals surface area contributed by atoms with Crippen molar-refractivity contribution in [3.8, 4) is 11.5 Å². The Balaban J connectivity index is 2.46. The molecule has 2 rings (SSSR count). The molecule has 0 aliphatic rings. The van der Waals surface area contributed by atoms with Crippen LogP contribution in [0.1, 0.15) is 17.2 Å². The molecule has 112 valence electrons. The number of ether oxygens (including phenoxy) is 2. The van der Waals surface area contributed by atoms with Gasteiger partial charge < -0.3 is 14.6 Å². The molecule has 3 nitrogen and oxygen atoms in total. The Morgan fingerprint density at radius 2 is 1.24 bits per heavy atom. The molecule has 0 fully saturated rings. The van der Waals surface area contributed by atoms with Gasteiger partial charge >= 0.3 is 0 Å². The van der Waals surface area contributed by atoms with Gasteiger partial charge in [0.25, 0.3) is 0 Å². The van der Waals surface area contributed by atoms with Gasteiger partial charge in [0.15, 0.2) is 17.5 Å². The summed E-state index contributed by atoms with van der Waals surface area (Å²) in [4.78, 5) is 0. The van der Waals surface area contributed by atoms with Crippen molar-refractivity contribution in [3.63, 3.8) is 0 Å². The predicted octanol–water partition coefficient (Wildman–Crippen LogP) is 3.20. The Hall–Kier alpha value is -2.21.